The molecule has 2 heterocycles. The van der Waals surface area contributed by atoms with Crippen LogP contribution in [0, 0.1) is 10.1 Å². The third-order valence-corrected chi connectivity index (χ3v) is 3.93. The minimum Gasteiger partial charge on any atom is -0.493 e. The van der Waals surface area contributed by atoms with Crippen LogP contribution in [0.4, 0.5) is 22.7 Å². The molecule has 0 amide bonds. The van der Waals surface area contributed by atoms with E-state index in [1.54, 1.807) is 19.1 Å². The van der Waals surface area contributed by atoms with Crippen LogP contribution in [0.2, 0.25) is 0 Å². The molecule has 27 heavy (non-hydrogen) atoms. The van der Waals surface area contributed by atoms with Crippen LogP contribution in [-0.4, -0.2) is 29.9 Å². The van der Waals surface area contributed by atoms with Crippen LogP contribution >= 0.6 is 0 Å². The largest absolute Gasteiger partial charge is 0.493 e. The Morgan fingerprint density at radius 1 is 0.963 bits per heavy atom. The average molecular weight is 376 g/mol. The number of nitrogens with zero attached hydrogens (tertiary/aromatic N) is 1. The number of benzene rings is 2. The van der Waals surface area contributed by atoms with Gasteiger partial charge in [0.1, 0.15) is 17.2 Å². The van der Waals surface area contributed by atoms with Crippen molar-refractivity contribution < 1.29 is 19.5 Å². The van der Waals surface area contributed by atoms with Gasteiger partial charge in [-0.05, 0) is 24.6 Å². The maximum atomic E-state index is 10.5. The molecule has 0 aliphatic carbocycles. The molecule has 0 unspecified atom stereocenters. The van der Waals surface area contributed by atoms with Crippen molar-refractivity contribution in [3.63, 3.8) is 0 Å². The van der Waals surface area contributed by atoms with Gasteiger partial charge in [0.15, 0.2) is 0 Å². The molecule has 0 saturated heterocycles. The summed E-state index contributed by atoms with van der Waals surface area (Å²) in [5.74, 6) is 1.47. The molecular weight excluding hydrogens is 352 g/mol. The zero-order valence-corrected chi connectivity index (χ0v) is 15.1. The number of nitrogens with two attached hydrogens (primary N) is 3. The summed E-state index contributed by atoms with van der Waals surface area (Å²) in [7, 11) is 0. The minimum absolute atomic E-state index is 0.0827. The van der Waals surface area contributed by atoms with Crippen LogP contribution in [0.15, 0.2) is 24.3 Å². The van der Waals surface area contributed by atoms with Crippen molar-refractivity contribution in [3.05, 3.63) is 45.5 Å². The van der Waals surface area contributed by atoms with Crippen molar-refractivity contribution in [2.45, 2.75) is 19.8 Å². The summed E-state index contributed by atoms with van der Waals surface area (Å²) in [5.41, 5.74) is 20.2. The van der Waals surface area contributed by atoms with Crippen LogP contribution < -0.4 is 26.7 Å². The molecule has 0 radical (unpaired) electrons. The van der Waals surface area contributed by atoms with E-state index in [9.17, 15) is 10.1 Å². The second-order valence-corrected chi connectivity index (χ2v) is 5.88. The Labute approximate surface area is 156 Å². The number of nitrogen functional groups attached to an aromatic ring is 3. The first-order valence-corrected chi connectivity index (χ1v) is 8.48. The van der Waals surface area contributed by atoms with Crippen molar-refractivity contribution in [3.8, 4) is 11.5 Å². The summed E-state index contributed by atoms with van der Waals surface area (Å²) in [4.78, 5) is 9.99. The Hall–Kier alpha value is -3.20. The molecule has 146 valence electrons. The van der Waals surface area contributed by atoms with Crippen molar-refractivity contribution in [2.75, 3.05) is 37.0 Å². The molecule has 0 bridgehead atoms. The lowest BCUT2D eigenvalue weighted by Gasteiger charge is -2.02. The van der Waals surface area contributed by atoms with Crippen LogP contribution in [0.25, 0.3) is 0 Å². The number of aliphatic hydroxyl groups is 1. The van der Waals surface area contributed by atoms with Gasteiger partial charge in [-0.1, -0.05) is 0 Å². The molecule has 7 N–H and O–H groups in total. The molecule has 4 rings (SSSR count). The zero-order valence-electron chi connectivity index (χ0n) is 15.1. The molecule has 0 atom stereocenters. The Morgan fingerprint density at radius 3 is 1.93 bits per heavy atom. The first-order valence-electron chi connectivity index (χ1n) is 8.48. The summed E-state index contributed by atoms with van der Waals surface area (Å²) in [6.45, 7) is 3.26. The number of rotatable bonds is 1. The lowest BCUT2D eigenvalue weighted by molar-refractivity contribution is -0.384. The number of nitro benzene ring substituents is 1. The topological polar surface area (TPSA) is 160 Å². The molecular formula is C18H24N4O5. The minimum atomic E-state index is -0.503. The molecule has 2 aromatic carbocycles. The van der Waals surface area contributed by atoms with E-state index in [0.29, 0.717) is 23.7 Å². The number of fused-ring (bicyclic) bond motifs is 2. The van der Waals surface area contributed by atoms with Gasteiger partial charge in [-0.2, -0.15) is 0 Å². The lowest BCUT2D eigenvalue weighted by Crippen LogP contribution is -1.96. The van der Waals surface area contributed by atoms with Crippen molar-refractivity contribution in [1.82, 2.24) is 0 Å². The van der Waals surface area contributed by atoms with Crippen LogP contribution in [-0.2, 0) is 12.8 Å². The summed E-state index contributed by atoms with van der Waals surface area (Å²) in [6, 6.07) is 6.67. The van der Waals surface area contributed by atoms with Gasteiger partial charge in [0, 0.05) is 31.1 Å². The van der Waals surface area contributed by atoms with E-state index in [-0.39, 0.29) is 18.0 Å². The maximum Gasteiger partial charge on any atom is 0.295 e. The molecule has 9 nitrogen and oxygen atoms in total. The molecule has 0 spiro atoms. The predicted octanol–water partition coefficient (Wildman–Crippen LogP) is 1.90. The van der Waals surface area contributed by atoms with Crippen molar-refractivity contribution in [2.24, 2.45) is 0 Å². The van der Waals surface area contributed by atoms with E-state index in [1.807, 2.05) is 6.07 Å². The number of aliphatic hydroxyl groups excluding tert-OH is 1. The molecule has 2 aliphatic rings. The molecule has 0 saturated carbocycles. The molecule has 2 aromatic rings. The zero-order chi connectivity index (χ0) is 20.0. The van der Waals surface area contributed by atoms with E-state index >= 15 is 0 Å². The number of hydrogen-bond donors (Lipinski definition) is 4. The van der Waals surface area contributed by atoms with Crippen molar-refractivity contribution >= 4 is 22.7 Å². The lowest BCUT2D eigenvalue weighted by atomic mass is 10.1. The van der Waals surface area contributed by atoms with Crippen LogP contribution in [0.3, 0.4) is 0 Å². The fourth-order valence-electron chi connectivity index (χ4n) is 2.65. The highest BCUT2D eigenvalue weighted by molar-refractivity contribution is 5.68. The quantitative estimate of drug-likeness (QED) is 0.333. The van der Waals surface area contributed by atoms with Crippen LogP contribution in [0.1, 0.15) is 18.1 Å². The second-order valence-electron chi connectivity index (χ2n) is 5.88. The molecule has 0 fully saturated rings. The average Bonchev–Trinajstić information content (AvgIpc) is 3.24. The van der Waals surface area contributed by atoms with Crippen molar-refractivity contribution in [1.29, 1.82) is 0 Å². The highest BCUT2D eigenvalue weighted by Crippen LogP contribution is 2.34. The van der Waals surface area contributed by atoms with Gasteiger partial charge in [-0.3, -0.25) is 10.1 Å². The number of hydrogen-bond acceptors (Lipinski definition) is 8. The van der Waals surface area contributed by atoms with Gasteiger partial charge < -0.3 is 31.8 Å². The fraction of sp³-hybridized carbons (Fsp3) is 0.333. The smallest absolute Gasteiger partial charge is 0.295 e. The Kier molecular flexibility index (Phi) is 6.67. The van der Waals surface area contributed by atoms with Crippen LogP contribution in [0.5, 0.6) is 11.5 Å². The number of anilines is 3. The number of ether oxygens (including phenoxy) is 2. The monoisotopic (exact) mass is 376 g/mol. The standard InChI is InChI=1S/C8H8N2O3.C8H10N2O.C2H6O/c9-6-3-5-1-2-13-8(5)4-7(6)10(11)12;9-6-3-5-1-2-11-8(5)4-7(6)10;1-2-3/h3-4H,1-2,9H2;3-4H,1-2,9-10H2;3H,2H2,1H3. The van der Waals surface area contributed by atoms with E-state index in [4.69, 9.17) is 31.8 Å². The number of nitro groups is 1. The Balaban J connectivity index is 0.000000171. The Bertz CT molecular complexity index is 797. The van der Waals surface area contributed by atoms with E-state index < -0.39 is 4.92 Å². The first-order chi connectivity index (χ1) is 12.9. The molecule has 0 aromatic heterocycles. The molecule has 2 aliphatic heterocycles. The summed E-state index contributed by atoms with van der Waals surface area (Å²) >= 11 is 0. The first kappa shape index (κ1) is 20.1. The van der Waals surface area contributed by atoms with E-state index in [1.165, 1.54) is 6.07 Å². The SMILES string of the molecule is CCO.Nc1cc2c(cc1N)OCC2.Nc1cc2c(cc1[N+](=O)[O-])OCC2. The fourth-order valence-corrected chi connectivity index (χ4v) is 2.65. The van der Waals surface area contributed by atoms with Gasteiger partial charge in [-0.15, -0.1) is 0 Å². The highest BCUT2D eigenvalue weighted by atomic mass is 16.6. The normalized spacial score (nSPS) is 13.0. The third kappa shape index (κ3) is 4.91. The third-order valence-electron chi connectivity index (χ3n) is 3.93. The van der Waals surface area contributed by atoms with E-state index in [0.717, 1.165) is 36.3 Å². The Morgan fingerprint density at radius 2 is 1.41 bits per heavy atom. The molecule has 9 heteroatoms. The summed E-state index contributed by atoms with van der Waals surface area (Å²) in [6.07, 6.45) is 1.72. The second kappa shape index (κ2) is 8.95. The highest BCUT2D eigenvalue weighted by Gasteiger charge is 2.20. The van der Waals surface area contributed by atoms with Gasteiger partial charge in [0.05, 0.1) is 35.6 Å². The summed E-state index contributed by atoms with van der Waals surface area (Å²) in [5, 5.41) is 18.1. The maximum absolute atomic E-state index is 10.5. The van der Waals surface area contributed by atoms with E-state index in [2.05, 4.69) is 0 Å². The van der Waals surface area contributed by atoms with Gasteiger partial charge in [0.2, 0.25) is 0 Å². The van der Waals surface area contributed by atoms with Gasteiger partial charge >= 0.3 is 0 Å². The van der Waals surface area contributed by atoms with Gasteiger partial charge in [-0.25, -0.2) is 0 Å². The van der Waals surface area contributed by atoms with Gasteiger partial charge in [0.25, 0.3) is 5.69 Å². The predicted molar refractivity (Wildman–Crippen MR) is 104 cm³/mol. The summed E-state index contributed by atoms with van der Waals surface area (Å²) < 4.78 is 10.5.